The van der Waals surface area contributed by atoms with E-state index in [9.17, 15) is 9.00 Å². The molecule has 1 atom stereocenters. The van der Waals surface area contributed by atoms with Gasteiger partial charge in [-0.25, -0.2) is 4.21 Å². The van der Waals surface area contributed by atoms with Crippen molar-refractivity contribution in [3.05, 3.63) is 47.0 Å². The van der Waals surface area contributed by atoms with Crippen molar-refractivity contribution in [2.75, 3.05) is 0 Å². The average Bonchev–Trinajstić information content (AvgIpc) is 3.19. The first-order valence-electron chi connectivity index (χ1n) is 11.6. The Labute approximate surface area is 180 Å². The second-order valence-corrected chi connectivity index (χ2v) is 9.46. The Morgan fingerprint density at radius 2 is 1.52 bits per heavy atom. The highest BCUT2D eigenvalue weighted by molar-refractivity contribution is 7.82. The molecule has 0 aromatic heterocycles. The van der Waals surface area contributed by atoms with Gasteiger partial charge in [0, 0.05) is 5.57 Å². The summed E-state index contributed by atoms with van der Waals surface area (Å²) in [4.78, 5) is 12.6. The van der Waals surface area contributed by atoms with Crippen molar-refractivity contribution in [1.82, 2.24) is 4.72 Å². The summed E-state index contributed by atoms with van der Waals surface area (Å²) in [5.41, 5.74) is 3.19. The molecule has 1 unspecified atom stereocenters. The van der Waals surface area contributed by atoms with Crippen LogP contribution in [0.15, 0.2) is 41.5 Å². The third-order valence-electron chi connectivity index (χ3n) is 5.79. The smallest absolute Gasteiger partial charge is 0.258 e. The van der Waals surface area contributed by atoms with Crippen LogP contribution < -0.4 is 4.72 Å². The van der Waals surface area contributed by atoms with Crippen LogP contribution in [0.25, 0.3) is 0 Å². The zero-order chi connectivity index (χ0) is 20.7. The predicted molar refractivity (Wildman–Crippen MR) is 124 cm³/mol. The van der Waals surface area contributed by atoms with Crippen molar-refractivity contribution < 1.29 is 9.00 Å². The Morgan fingerprint density at radius 3 is 2.17 bits per heavy atom. The minimum atomic E-state index is -1.36. The maximum Gasteiger partial charge on any atom is 0.258 e. The number of unbranched alkanes of at least 4 members (excludes halogenated alkanes) is 9. The van der Waals surface area contributed by atoms with Crippen LogP contribution in [0, 0.1) is 0 Å². The maximum atomic E-state index is 12.6. The molecule has 1 aromatic rings. The molecule has 1 amide bonds. The van der Waals surface area contributed by atoms with Crippen LogP contribution in [0.2, 0.25) is 0 Å². The summed E-state index contributed by atoms with van der Waals surface area (Å²) in [5, 5.41) is 0. The fraction of sp³-hybridized carbons (Fsp3) is 0.640. The number of rotatable bonds is 15. The van der Waals surface area contributed by atoms with Crippen LogP contribution in [0.3, 0.4) is 0 Å². The van der Waals surface area contributed by atoms with Gasteiger partial charge in [0.15, 0.2) is 0 Å². The molecule has 0 saturated heterocycles. The third kappa shape index (κ3) is 9.75. The average molecular weight is 418 g/mol. The molecule has 0 heterocycles. The lowest BCUT2D eigenvalue weighted by Gasteiger charge is -2.09. The Morgan fingerprint density at radius 1 is 0.897 bits per heavy atom. The van der Waals surface area contributed by atoms with Gasteiger partial charge in [-0.2, -0.15) is 0 Å². The lowest BCUT2D eigenvalue weighted by atomic mass is 10.0. The highest BCUT2D eigenvalue weighted by atomic mass is 32.2. The van der Waals surface area contributed by atoms with Gasteiger partial charge < -0.3 is 0 Å². The van der Waals surface area contributed by atoms with E-state index >= 15 is 0 Å². The number of allylic oxidation sites excluding steroid dienone is 1. The van der Waals surface area contributed by atoms with Gasteiger partial charge >= 0.3 is 0 Å². The maximum absolute atomic E-state index is 12.6. The fourth-order valence-electron chi connectivity index (χ4n) is 4.11. The highest BCUT2D eigenvalue weighted by Gasteiger charge is 2.21. The van der Waals surface area contributed by atoms with Crippen molar-refractivity contribution in [1.29, 1.82) is 0 Å². The van der Waals surface area contributed by atoms with Gasteiger partial charge in [0.2, 0.25) is 0 Å². The zero-order valence-corrected chi connectivity index (χ0v) is 19.0. The topological polar surface area (TPSA) is 46.2 Å². The molecule has 0 spiro atoms. The molecule has 1 N–H and O–H groups in total. The summed E-state index contributed by atoms with van der Waals surface area (Å²) in [6.45, 7) is 2.26. The summed E-state index contributed by atoms with van der Waals surface area (Å²) >= 11 is 0. The van der Waals surface area contributed by atoms with Gasteiger partial charge in [-0.05, 0) is 37.7 Å². The van der Waals surface area contributed by atoms with Crippen LogP contribution in [0.5, 0.6) is 0 Å². The third-order valence-corrected chi connectivity index (χ3v) is 6.79. The molecule has 4 heteroatoms. The first kappa shape index (κ1) is 23.9. The zero-order valence-electron chi connectivity index (χ0n) is 18.2. The number of nitrogens with one attached hydrogen (secondary N) is 1. The Bertz CT molecular complexity index is 654. The summed E-state index contributed by atoms with van der Waals surface area (Å²) in [6.07, 6.45) is 17.3. The Hall–Kier alpha value is -1.42. The minimum absolute atomic E-state index is 0.112. The Kier molecular flexibility index (Phi) is 12.0. The van der Waals surface area contributed by atoms with E-state index in [0.29, 0.717) is 5.75 Å². The quantitative estimate of drug-likeness (QED) is 0.320. The standard InChI is InChI=1S/C25H39NO2S/c1-2-3-4-5-6-7-8-9-10-14-18-23-19-15-20-24(23)25(27)26-29(28)21-22-16-12-11-13-17-22/h11-13,16-17H,2-10,14-15,18-21H2,1H3,(H,26,27). The number of carbonyl (C=O) groups is 1. The number of hydrogen-bond acceptors (Lipinski definition) is 2. The van der Waals surface area contributed by atoms with Crippen molar-refractivity contribution in [2.45, 2.75) is 103 Å². The summed E-state index contributed by atoms with van der Waals surface area (Å²) in [5.74, 6) is 0.257. The van der Waals surface area contributed by atoms with Crippen LogP contribution >= 0.6 is 0 Å². The van der Waals surface area contributed by atoms with Crippen molar-refractivity contribution in [3.8, 4) is 0 Å². The normalized spacial score (nSPS) is 14.9. The number of carbonyl (C=O) groups excluding carboxylic acids is 1. The Balaban J connectivity index is 1.63. The highest BCUT2D eigenvalue weighted by Crippen LogP contribution is 2.30. The van der Waals surface area contributed by atoms with E-state index in [4.69, 9.17) is 0 Å². The number of amides is 1. The molecule has 3 nitrogen and oxygen atoms in total. The molecule has 0 bridgehead atoms. The number of hydrogen-bond donors (Lipinski definition) is 1. The second-order valence-electron chi connectivity index (χ2n) is 8.27. The van der Waals surface area contributed by atoms with Crippen LogP contribution in [-0.2, 0) is 21.5 Å². The SMILES string of the molecule is CCCCCCCCCCCCC1=C(C(=O)NS(=O)Cc2ccccc2)CCC1. The monoisotopic (exact) mass is 417 g/mol. The van der Waals surface area contributed by atoms with Gasteiger partial charge in [0.25, 0.3) is 5.91 Å². The van der Waals surface area contributed by atoms with E-state index in [1.807, 2.05) is 30.3 Å². The van der Waals surface area contributed by atoms with Crippen LogP contribution in [0.1, 0.15) is 102 Å². The number of benzene rings is 1. The van der Waals surface area contributed by atoms with Crippen LogP contribution in [-0.4, -0.2) is 10.1 Å². The second kappa shape index (κ2) is 14.5. The molecule has 1 aliphatic carbocycles. The molecular formula is C25H39NO2S. The van der Waals surface area contributed by atoms with Crippen molar-refractivity contribution in [2.24, 2.45) is 0 Å². The summed E-state index contributed by atoms with van der Waals surface area (Å²) in [6, 6.07) is 9.68. The van der Waals surface area contributed by atoms with E-state index in [2.05, 4.69) is 11.6 Å². The lowest BCUT2D eigenvalue weighted by Crippen LogP contribution is -2.28. The van der Waals surface area contributed by atoms with Gasteiger partial charge in [0.05, 0.1) is 5.75 Å². The molecule has 0 aliphatic heterocycles. The molecule has 0 fully saturated rings. The molecule has 2 rings (SSSR count). The molecule has 1 aromatic carbocycles. The van der Waals surface area contributed by atoms with Gasteiger partial charge in [0.1, 0.15) is 11.0 Å². The van der Waals surface area contributed by atoms with Gasteiger partial charge in [-0.1, -0.05) is 101 Å². The van der Waals surface area contributed by atoms with E-state index in [0.717, 1.165) is 36.8 Å². The van der Waals surface area contributed by atoms with Crippen molar-refractivity contribution in [3.63, 3.8) is 0 Å². The van der Waals surface area contributed by atoms with Crippen molar-refractivity contribution >= 4 is 16.9 Å². The van der Waals surface area contributed by atoms with Crippen LogP contribution in [0.4, 0.5) is 0 Å². The molecule has 1 aliphatic rings. The molecule has 0 radical (unpaired) electrons. The first-order chi connectivity index (χ1) is 14.2. The molecule has 29 heavy (non-hydrogen) atoms. The van der Waals surface area contributed by atoms with E-state index in [1.54, 1.807) is 0 Å². The predicted octanol–water partition coefficient (Wildman–Crippen LogP) is 6.76. The fourth-order valence-corrected chi connectivity index (χ4v) is 5.01. The van der Waals surface area contributed by atoms with Gasteiger partial charge in [-0.3, -0.25) is 9.52 Å². The lowest BCUT2D eigenvalue weighted by molar-refractivity contribution is -0.115. The van der Waals surface area contributed by atoms with E-state index in [-0.39, 0.29) is 5.91 Å². The van der Waals surface area contributed by atoms with E-state index < -0.39 is 11.0 Å². The molecular weight excluding hydrogens is 378 g/mol. The largest absolute Gasteiger partial charge is 0.271 e. The van der Waals surface area contributed by atoms with E-state index in [1.165, 1.54) is 69.8 Å². The minimum Gasteiger partial charge on any atom is -0.271 e. The first-order valence-corrected chi connectivity index (χ1v) is 13.0. The molecule has 162 valence electrons. The molecule has 0 saturated carbocycles. The van der Waals surface area contributed by atoms with Gasteiger partial charge in [-0.15, -0.1) is 0 Å². The summed E-state index contributed by atoms with van der Waals surface area (Å²) in [7, 11) is -1.36. The summed E-state index contributed by atoms with van der Waals surface area (Å²) < 4.78 is 15.0.